The molecule has 0 radical (unpaired) electrons. The van der Waals surface area contributed by atoms with Crippen molar-refractivity contribution in [1.29, 1.82) is 0 Å². The molecule has 0 bridgehead atoms. The number of amides is 1. The van der Waals surface area contributed by atoms with Crippen molar-refractivity contribution >= 4 is 5.91 Å². The summed E-state index contributed by atoms with van der Waals surface area (Å²) in [6, 6.07) is 8.36. The molecule has 1 aliphatic carbocycles. The van der Waals surface area contributed by atoms with Gasteiger partial charge in [0.2, 0.25) is 5.91 Å². The number of hydrogen-bond donors (Lipinski definition) is 0. The molecule has 1 aromatic carbocycles. The minimum atomic E-state index is 0.326. The normalized spacial score (nSPS) is 22.3. The zero-order valence-electron chi connectivity index (χ0n) is 14.3. The van der Waals surface area contributed by atoms with E-state index in [9.17, 15) is 4.79 Å². The molecule has 2 fully saturated rings. The number of hydrogen-bond acceptors (Lipinski definition) is 2. The minimum Gasteiger partial charge on any atom is -0.497 e. The van der Waals surface area contributed by atoms with Gasteiger partial charge in [-0.05, 0) is 62.1 Å². The first kappa shape index (κ1) is 16.4. The standard InChI is InChI=1S/C20H29NO2/c1-23-19-10-4-6-16(14-19)11-12-17-7-5-13-21(15-17)20(22)18-8-2-3-9-18/h4,6,10,14,17-18H,2-3,5,7-9,11-13,15H2,1H3. The smallest absolute Gasteiger partial charge is 0.225 e. The van der Waals surface area contributed by atoms with E-state index >= 15 is 0 Å². The second-order valence-corrected chi connectivity index (χ2v) is 7.16. The molecular weight excluding hydrogens is 286 g/mol. The Morgan fingerprint density at radius 2 is 2.04 bits per heavy atom. The second-order valence-electron chi connectivity index (χ2n) is 7.16. The van der Waals surface area contributed by atoms with Gasteiger partial charge in [-0.2, -0.15) is 0 Å². The molecule has 0 aromatic heterocycles. The van der Waals surface area contributed by atoms with Crippen molar-refractivity contribution in [1.82, 2.24) is 4.90 Å². The van der Waals surface area contributed by atoms with Gasteiger partial charge in [0.05, 0.1) is 7.11 Å². The Morgan fingerprint density at radius 1 is 1.22 bits per heavy atom. The van der Waals surface area contributed by atoms with Gasteiger partial charge in [-0.1, -0.05) is 25.0 Å². The van der Waals surface area contributed by atoms with Crippen LogP contribution in [0.5, 0.6) is 5.75 Å². The van der Waals surface area contributed by atoms with Gasteiger partial charge in [-0.15, -0.1) is 0 Å². The molecule has 3 rings (SSSR count). The summed E-state index contributed by atoms with van der Waals surface area (Å²) < 4.78 is 5.30. The highest BCUT2D eigenvalue weighted by molar-refractivity contribution is 5.79. The number of nitrogens with zero attached hydrogens (tertiary/aromatic N) is 1. The molecule has 0 N–H and O–H groups in total. The van der Waals surface area contributed by atoms with Crippen molar-refractivity contribution in [3.63, 3.8) is 0 Å². The second kappa shape index (κ2) is 7.85. The third-order valence-corrected chi connectivity index (χ3v) is 5.51. The first-order valence-electron chi connectivity index (χ1n) is 9.18. The van der Waals surface area contributed by atoms with E-state index < -0.39 is 0 Å². The number of carbonyl (C=O) groups is 1. The molecule has 1 aliphatic heterocycles. The van der Waals surface area contributed by atoms with Crippen molar-refractivity contribution in [2.45, 2.75) is 51.4 Å². The van der Waals surface area contributed by atoms with Gasteiger partial charge in [0.25, 0.3) is 0 Å². The molecule has 3 heteroatoms. The molecule has 0 spiro atoms. The lowest BCUT2D eigenvalue weighted by molar-refractivity contribution is -0.137. The summed E-state index contributed by atoms with van der Waals surface area (Å²) in [7, 11) is 1.72. The van der Waals surface area contributed by atoms with E-state index in [1.54, 1.807) is 7.11 Å². The monoisotopic (exact) mass is 315 g/mol. The van der Waals surface area contributed by atoms with Crippen LogP contribution in [-0.2, 0) is 11.2 Å². The van der Waals surface area contributed by atoms with Crippen LogP contribution in [0.15, 0.2) is 24.3 Å². The van der Waals surface area contributed by atoms with Crippen molar-refractivity contribution in [3.05, 3.63) is 29.8 Å². The van der Waals surface area contributed by atoms with Gasteiger partial charge in [-0.3, -0.25) is 4.79 Å². The van der Waals surface area contributed by atoms with E-state index in [2.05, 4.69) is 23.1 Å². The lowest BCUT2D eigenvalue weighted by atomic mass is 9.90. The van der Waals surface area contributed by atoms with Crippen molar-refractivity contribution in [2.24, 2.45) is 11.8 Å². The molecule has 1 unspecified atom stereocenters. The fourth-order valence-corrected chi connectivity index (χ4v) is 4.13. The summed E-state index contributed by atoms with van der Waals surface area (Å²) >= 11 is 0. The first-order chi connectivity index (χ1) is 11.3. The number of rotatable bonds is 5. The highest BCUT2D eigenvalue weighted by Gasteiger charge is 2.30. The summed E-state index contributed by atoms with van der Waals surface area (Å²) in [6.45, 7) is 1.95. The maximum Gasteiger partial charge on any atom is 0.225 e. The molecule has 23 heavy (non-hydrogen) atoms. The van der Waals surface area contributed by atoms with Gasteiger partial charge >= 0.3 is 0 Å². The number of benzene rings is 1. The van der Waals surface area contributed by atoms with Gasteiger partial charge in [0.1, 0.15) is 5.75 Å². The number of likely N-dealkylation sites (tertiary alicyclic amines) is 1. The number of methoxy groups -OCH3 is 1. The fourth-order valence-electron chi connectivity index (χ4n) is 4.13. The third-order valence-electron chi connectivity index (χ3n) is 5.51. The summed E-state index contributed by atoms with van der Waals surface area (Å²) in [6.07, 6.45) is 9.38. The van der Waals surface area contributed by atoms with E-state index in [-0.39, 0.29) is 0 Å². The summed E-state index contributed by atoms with van der Waals surface area (Å²) in [4.78, 5) is 14.8. The molecule has 1 saturated carbocycles. The van der Waals surface area contributed by atoms with E-state index in [0.29, 0.717) is 17.7 Å². The van der Waals surface area contributed by atoms with E-state index in [1.807, 2.05) is 6.07 Å². The molecule has 2 aliphatic rings. The zero-order chi connectivity index (χ0) is 16.1. The van der Waals surface area contributed by atoms with Crippen LogP contribution >= 0.6 is 0 Å². The average Bonchev–Trinajstić information content (AvgIpc) is 3.14. The predicted molar refractivity (Wildman–Crippen MR) is 92.6 cm³/mol. The molecular formula is C20H29NO2. The predicted octanol–water partition coefficient (Wildman–Crippen LogP) is 4.06. The van der Waals surface area contributed by atoms with Crippen LogP contribution in [0.25, 0.3) is 0 Å². The fraction of sp³-hybridized carbons (Fsp3) is 0.650. The van der Waals surface area contributed by atoms with Crippen molar-refractivity contribution in [2.75, 3.05) is 20.2 Å². The third kappa shape index (κ3) is 4.27. The summed E-state index contributed by atoms with van der Waals surface area (Å²) in [5, 5.41) is 0. The summed E-state index contributed by atoms with van der Waals surface area (Å²) in [5.74, 6) is 2.35. The average molecular weight is 315 g/mol. The quantitative estimate of drug-likeness (QED) is 0.820. The molecule has 1 heterocycles. The number of ether oxygens (including phenoxy) is 1. The zero-order valence-corrected chi connectivity index (χ0v) is 14.3. The van der Waals surface area contributed by atoms with E-state index in [1.165, 1.54) is 37.7 Å². The Morgan fingerprint density at radius 3 is 2.83 bits per heavy atom. The van der Waals surface area contributed by atoms with E-state index in [0.717, 1.165) is 38.1 Å². The van der Waals surface area contributed by atoms with Crippen LogP contribution in [0, 0.1) is 11.8 Å². The van der Waals surface area contributed by atoms with Crippen LogP contribution in [0.3, 0.4) is 0 Å². The number of aryl methyl sites for hydroxylation is 1. The number of piperidine rings is 1. The van der Waals surface area contributed by atoms with Crippen LogP contribution < -0.4 is 4.74 Å². The Bertz CT molecular complexity index is 522. The van der Waals surface area contributed by atoms with Gasteiger partial charge < -0.3 is 9.64 Å². The van der Waals surface area contributed by atoms with Crippen molar-refractivity contribution in [3.8, 4) is 5.75 Å². The van der Waals surface area contributed by atoms with E-state index in [4.69, 9.17) is 4.74 Å². The molecule has 126 valence electrons. The number of carbonyl (C=O) groups excluding carboxylic acids is 1. The summed E-state index contributed by atoms with van der Waals surface area (Å²) in [5.41, 5.74) is 1.34. The van der Waals surface area contributed by atoms with Crippen LogP contribution in [0.1, 0.15) is 50.5 Å². The largest absolute Gasteiger partial charge is 0.497 e. The Labute approximate surface area is 140 Å². The topological polar surface area (TPSA) is 29.5 Å². The molecule has 1 atom stereocenters. The maximum atomic E-state index is 12.6. The SMILES string of the molecule is COc1cccc(CCC2CCCN(C(=O)C3CCCC3)C2)c1. The lowest BCUT2D eigenvalue weighted by Crippen LogP contribution is -2.42. The Balaban J connectivity index is 1.51. The maximum absolute atomic E-state index is 12.6. The first-order valence-corrected chi connectivity index (χ1v) is 9.18. The highest BCUT2D eigenvalue weighted by atomic mass is 16.5. The van der Waals surface area contributed by atoms with Crippen LogP contribution in [-0.4, -0.2) is 31.0 Å². The van der Waals surface area contributed by atoms with Crippen LogP contribution in [0.4, 0.5) is 0 Å². The minimum absolute atomic E-state index is 0.326. The molecule has 1 saturated heterocycles. The van der Waals surface area contributed by atoms with Crippen molar-refractivity contribution < 1.29 is 9.53 Å². The van der Waals surface area contributed by atoms with Crippen LogP contribution in [0.2, 0.25) is 0 Å². The Hall–Kier alpha value is -1.51. The highest BCUT2D eigenvalue weighted by Crippen LogP contribution is 2.29. The molecule has 1 aromatic rings. The Kier molecular flexibility index (Phi) is 5.58. The van der Waals surface area contributed by atoms with Gasteiger partial charge in [0, 0.05) is 19.0 Å². The molecule has 1 amide bonds. The van der Waals surface area contributed by atoms with Gasteiger partial charge in [0.15, 0.2) is 0 Å². The van der Waals surface area contributed by atoms with Gasteiger partial charge in [-0.25, -0.2) is 0 Å². The lowest BCUT2D eigenvalue weighted by Gasteiger charge is -2.34. The molecule has 3 nitrogen and oxygen atoms in total.